The number of thiophene rings is 1. The third-order valence-electron chi connectivity index (χ3n) is 14.5. The molecule has 1 fully saturated rings. The molecule has 3 N–H and O–H groups in total. The highest BCUT2D eigenvalue weighted by Crippen LogP contribution is 2.42. The Morgan fingerprint density at radius 2 is 1.20 bits per heavy atom. The van der Waals surface area contributed by atoms with Crippen LogP contribution in [0, 0.1) is 13.8 Å². The molecular formula is C71H70N2O8S. The number of fused-ring (bicyclic) bond motifs is 2. The maximum absolute atomic E-state index is 13.7. The lowest BCUT2D eigenvalue weighted by atomic mass is 9.88. The molecule has 82 heavy (non-hydrogen) atoms. The largest absolute Gasteiger partial charge is 0.508 e. The summed E-state index contributed by atoms with van der Waals surface area (Å²) >= 11 is 1.54. The zero-order valence-corrected chi connectivity index (χ0v) is 48.0. The molecule has 10 nitrogen and oxygen atoms in total. The van der Waals surface area contributed by atoms with Gasteiger partial charge in [-0.2, -0.15) is 0 Å². The minimum Gasteiger partial charge on any atom is -0.508 e. The van der Waals surface area contributed by atoms with Gasteiger partial charge in [0.15, 0.2) is 5.78 Å². The molecule has 0 saturated carbocycles. The Balaban J connectivity index is 0.000000153. The number of phenols is 3. The summed E-state index contributed by atoms with van der Waals surface area (Å²) in [7, 11) is 4.11. The summed E-state index contributed by atoms with van der Waals surface area (Å²) in [6.07, 6.45) is 6.19. The number of nitrogens with zero attached hydrogens (tertiary/aromatic N) is 2. The van der Waals surface area contributed by atoms with Crippen molar-refractivity contribution in [2.45, 2.75) is 46.5 Å². The van der Waals surface area contributed by atoms with Crippen LogP contribution >= 0.6 is 11.3 Å². The Morgan fingerprint density at radius 3 is 1.80 bits per heavy atom. The van der Waals surface area contributed by atoms with Gasteiger partial charge in [0.1, 0.15) is 59.2 Å². The van der Waals surface area contributed by atoms with E-state index in [1.54, 1.807) is 12.1 Å². The number of benzene rings is 8. The van der Waals surface area contributed by atoms with Crippen molar-refractivity contribution < 1.29 is 34.0 Å². The Morgan fingerprint density at radius 1 is 0.622 bits per heavy atom. The standard InChI is InChI=1S/C29H29NO3S.C26H29NO.C16H12O4/c1-20-5-7-22(8-6-20)29-27(25-14-11-23(31)19-26(25)34-29)28(32)21-9-12-24(13-10-21)33-18-17-30-15-3-2-4-16-30;1-4-25(21-11-7-5-8-12-21)26(22-13-9-6-10-14-22)23-15-17-24(18-16-23)28-20-19-27(2)3;1-9-2-4-10(5-3-9)12-8-20-14-7-11(17)6-13(18)15(14)16(12)19/h5-14,19,31H,2-4,15-18H2,1H3;5-18H,4,19-20H2,1-3H3;2-8,17-18H,1H3/b;26-25-;. The van der Waals surface area contributed by atoms with Crippen molar-refractivity contribution in [2.75, 3.05) is 53.5 Å². The summed E-state index contributed by atoms with van der Waals surface area (Å²) in [6.45, 7) is 11.7. The maximum Gasteiger partial charge on any atom is 0.204 e. The van der Waals surface area contributed by atoms with Gasteiger partial charge in [0.25, 0.3) is 0 Å². The van der Waals surface area contributed by atoms with Crippen molar-refractivity contribution in [1.82, 2.24) is 9.80 Å². The molecule has 0 atom stereocenters. The van der Waals surface area contributed by atoms with E-state index >= 15 is 0 Å². The van der Waals surface area contributed by atoms with Gasteiger partial charge in [0, 0.05) is 51.3 Å². The van der Waals surface area contributed by atoms with E-state index in [1.807, 2.05) is 61.5 Å². The van der Waals surface area contributed by atoms with Gasteiger partial charge in [-0.05, 0) is 154 Å². The number of carbonyl (C=O) groups is 1. The van der Waals surface area contributed by atoms with Crippen LogP contribution in [0.2, 0.25) is 0 Å². The zero-order chi connectivity index (χ0) is 57.5. The molecule has 1 saturated heterocycles. The lowest BCUT2D eigenvalue weighted by molar-refractivity contribution is 0.104. The van der Waals surface area contributed by atoms with Crippen molar-refractivity contribution in [3.63, 3.8) is 0 Å². The number of rotatable bonds is 16. The van der Waals surface area contributed by atoms with E-state index < -0.39 is 0 Å². The van der Waals surface area contributed by atoms with Crippen LogP contribution in [0.4, 0.5) is 0 Å². The second-order valence-electron chi connectivity index (χ2n) is 20.8. The molecule has 0 unspecified atom stereocenters. The topological polar surface area (TPSA) is 133 Å². The van der Waals surface area contributed by atoms with Gasteiger partial charge in [-0.3, -0.25) is 14.5 Å². The molecule has 0 aliphatic carbocycles. The highest BCUT2D eigenvalue weighted by molar-refractivity contribution is 7.22. The maximum atomic E-state index is 13.7. The molecule has 2 aromatic heterocycles. The quantitative estimate of drug-likeness (QED) is 0.0634. The van der Waals surface area contributed by atoms with E-state index in [1.165, 1.54) is 76.3 Å². The smallest absolute Gasteiger partial charge is 0.204 e. The predicted octanol–water partition coefficient (Wildman–Crippen LogP) is 15.9. The van der Waals surface area contributed by atoms with Gasteiger partial charge in [-0.1, -0.05) is 146 Å². The first-order valence-electron chi connectivity index (χ1n) is 27.9. The molecule has 11 heteroatoms. The van der Waals surface area contributed by atoms with Gasteiger partial charge < -0.3 is 34.1 Å². The molecule has 0 bridgehead atoms. The Labute approximate surface area is 484 Å². The van der Waals surface area contributed by atoms with E-state index in [9.17, 15) is 24.9 Å². The molecule has 0 spiro atoms. The molecule has 8 aromatic carbocycles. The number of allylic oxidation sites excluding steroid dienone is 1. The molecule has 418 valence electrons. The van der Waals surface area contributed by atoms with E-state index in [-0.39, 0.29) is 39.4 Å². The number of hydrogen-bond acceptors (Lipinski definition) is 11. The first-order valence-corrected chi connectivity index (χ1v) is 28.7. The monoisotopic (exact) mass is 1110 g/mol. The fourth-order valence-electron chi connectivity index (χ4n) is 10.0. The number of ether oxygens (including phenoxy) is 2. The fourth-order valence-corrected chi connectivity index (χ4v) is 11.3. The summed E-state index contributed by atoms with van der Waals surface area (Å²) in [5.74, 6) is 1.44. The van der Waals surface area contributed by atoms with Gasteiger partial charge in [0.05, 0.1) is 5.56 Å². The minimum atomic E-state index is -0.326. The first-order chi connectivity index (χ1) is 39.8. The van der Waals surface area contributed by atoms with Crippen molar-refractivity contribution in [3.05, 3.63) is 243 Å². The number of carbonyl (C=O) groups excluding carboxylic acids is 1. The zero-order valence-electron chi connectivity index (χ0n) is 47.2. The number of aryl methyl sites for hydroxylation is 2. The van der Waals surface area contributed by atoms with Crippen molar-refractivity contribution in [3.8, 4) is 50.3 Å². The van der Waals surface area contributed by atoms with Crippen LogP contribution in [0.5, 0.6) is 28.7 Å². The van der Waals surface area contributed by atoms with Crippen LogP contribution in [-0.4, -0.2) is 84.4 Å². The molecular weight excluding hydrogens is 1040 g/mol. The number of aromatic hydroxyl groups is 3. The molecule has 1 aliphatic rings. The van der Waals surface area contributed by atoms with Gasteiger partial charge in [-0.25, -0.2) is 0 Å². The molecule has 3 heterocycles. The van der Waals surface area contributed by atoms with Crippen molar-refractivity contribution in [2.24, 2.45) is 0 Å². The molecule has 1 aliphatic heterocycles. The van der Waals surface area contributed by atoms with Gasteiger partial charge in [0.2, 0.25) is 5.43 Å². The average Bonchev–Trinajstić information content (AvgIpc) is 3.04. The first kappa shape index (κ1) is 57.9. The summed E-state index contributed by atoms with van der Waals surface area (Å²) in [5, 5.41) is 30.1. The van der Waals surface area contributed by atoms with Crippen LogP contribution in [0.3, 0.4) is 0 Å². The second-order valence-corrected chi connectivity index (χ2v) is 21.8. The van der Waals surface area contributed by atoms with Gasteiger partial charge >= 0.3 is 0 Å². The van der Waals surface area contributed by atoms with E-state index in [0.717, 1.165) is 81.8 Å². The number of phenolic OH excluding ortho intramolecular Hbond substituents is 3. The average molecular weight is 1110 g/mol. The highest BCUT2D eigenvalue weighted by atomic mass is 32.1. The molecule has 11 rings (SSSR count). The number of piperidine rings is 1. The summed E-state index contributed by atoms with van der Waals surface area (Å²) in [5.41, 5.74) is 11.9. The SMILES string of the molecule is CC/C(=C(\c1ccccc1)c1ccc(OCCN(C)C)cc1)c1ccccc1.Cc1ccc(-c2coc3cc(O)cc(O)c3c2=O)cc1.Cc1ccc(-c2sc3cc(O)ccc3c2C(=O)c2ccc(OCCN3CCCCC3)cc2)cc1. The van der Waals surface area contributed by atoms with Crippen LogP contribution in [0.25, 0.3) is 53.8 Å². The number of likely N-dealkylation sites (tertiary alicyclic amines) is 1. The molecule has 10 aromatic rings. The Hall–Kier alpha value is -8.74. The van der Waals surface area contributed by atoms with Gasteiger partial charge in [-0.15, -0.1) is 11.3 Å². The minimum absolute atomic E-state index is 0.0209. The summed E-state index contributed by atoms with van der Waals surface area (Å²) < 4.78 is 18.1. The van der Waals surface area contributed by atoms with Crippen LogP contribution < -0.4 is 14.9 Å². The molecule has 0 amide bonds. The lowest BCUT2D eigenvalue weighted by Crippen LogP contribution is -2.33. The summed E-state index contributed by atoms with van der Waals surface area (Å²) in [6, 6.07) is 60.6. The Bertz CT molecular complexity index is 3810. The van der Waals surface area contributed by atoms with E-state index in [2.05, 4.69) is 147 Å². The number of hydrogen-bond donors (Lipinski definition) is 3. The number of likely N-dealkylation sites (N-methyl/N-ethyl adjacent to an activating group) is 1. The van der Waals surface area contributed by atoms with Crippen molar-refractivity contribution >= 4 is 49.3 Å². The summed E-state index contributed by atoms with van der Waals surface area (Å²) in [4.78, 5) is 31.6. The van der Waals surface area contributed by atoms with Crippen LogP contribution in [0.1, 0.15) is 76.3 Å². The predicted molar refractivity (Wildman–Crippen MR) is 335 cm³/mol. The van der Waals surface area contributed by atoms with Crippen LogP contribution in [-0.2, 0) is 0 Å². The third kappa shape index (κ3) is 14.6. The third-order valence-corrected chi connectivity index (χ3v) is 15.7. The second kappa shape index (κ2) is 27.6. The van der Waals surface area contributed by atoms with Crippen LogP contribution in [0.15, 0.2) is 204 Å². The van der Waals surface area contributed by atoms with E-state index in [4.69, 9.17) is 13.9 Å². The molecule has 0 radical (unpaired) electrons. The van der Waals surface area contributed by atoms with Crippen molar-refractivity contribution in [1.29, 1.82) is 0 Å². The normalized spacial score (nSPS) is 12.7. The van der Waals surface area contributed by atoms with E-state index in [0.29, 0.717) is 29.9 Å². The lowest BCUT2D eigenvalue weighted by Gasteiger charge is -2.26. The highest BCUT2D eigenvalue weighted by Gasteiger charge is 2.23. The fraction of sp³-hybridized carbons (Fsp3) is 0.211. The Kier molecular flexibility index (Phi) is 19.5. The number of ketones is 1.